The molecule has 1 aromatic rings. The number of carboxylic acid groups (broad SMARTS) is 1. The van der Waals surface area contributed by atoms with Gasteiger partial charge in [0, 0.05) is 5.69 Å². The van der Waals surface area contributed by atoms with E-state index in [1.54, 1.807) is 12.1 Å². The number of nitrogens with one attached hydrogen (secondary N) is 1. The van der Waals surface area contributed by atoms with Crippen LogP contribution in [0.25, 0.3) is 0 Å². The lowest BCUT2D eigenvalue weighted by molar-refractivity contribution is 0.209. The van der Waals surface area contributed by atoms with E-state index in [9.17, 15) is 4.79 Å². The van der Waals surface area contributed by atoms with Crippen molar-refractivity contribution in [2.75, 3.05) is 25.0 Å². The van der Waals surface area contributed by atoms with Gasteiger partial charge >= 0.3 is 6.09 Å². The quantitative estimate of drug-likeness (QED) is 0.781. The second-order valence-corrected chi connectivity index (χ2v) is 4.12. The molecule has 0 spiro atoms. The van der Waals surface area contributed by atoms with E-state index in [2.05, 4.69) is 30.1 Å². The number of aryl methyl sites for hydroxylation is 1. The molecular formula is C14H21N2O2. The fourth-order valence-corrected chi connectivity index (χ4v) is 1.93. The predicted octanol–water partition coefficient (Wildman–Crippen LogP) is 2.85. The van der Waals surface area contributed by atoms with Crippen LogP contribution in [0.3, 0.4) is 0 Å². The summed E-state index contributed by atoms with van der Waals surface area (Å²) in [6, 6.07) is 8.49. The van der Waals surface area contributed by atoms with Gasteiger partial charge in [0.2, 0.25) is 0 Å². The minimum Gasteiger partial charge on any atom is -0.465 e. The van der Waals surface area contributed by atoms with E-state index in [-0.39, 0.29) is 0 Å². The summed E-state index contributed by atoms with van der Waals surface area (Å²) in [4.78, 5) is 13.0. The first-order chi connectivity index (χ1) is 8.67. The van der Waals surface area contributed by atoms with Gasteiger partial charge in [0.25, 0.3) is 0 Å². The summed E-state index contributed by atoms with van der Waals surface area (Å²) in [5, 5.41) is 11.2. The first kappa shape index (κ1) is 14.5. The number of anilines is 1. The average molecular weight is 249 g/mol. The van der Waals surface area contributed by atoms with Gasteiger partial charge in [-0.15, -0.1) is 0 Å². The van der Waals surface area contributed by atoms with E-state index in [1.165, 1.54) is 0 Å². The maximum Gasteiger partial charge on any atom is 0.409 e. The van der Waals surface area contributed by atoms with Crippen LogP contribution in [0.1, 0.15) is 25.8 Å². The van der Waals surface area contributed by atoms with E-state index in [1.807, 2.05) is 6.07 Å². The van der Waals surface area contributed by atoms with Crippen LogP contribution >= 0.6 is 0 Å². The Bertz CT molecular complexity index is 376. The summed E-state index contributed by atoms with van der Waals surface area (Å²) in [6.45, 7) is 7.43. The number of benzene rings is 1. The predicted molar refractivity (Wildman–Crippen MR) is 73.0 cm³/mol. The number of rotatable bonds is 7. The third-order valence-corrected chi connectivity index (χ3v) is 2.98. The lowest BCUT2D eigenvalue weighted by Gasteiger charge is -2.18. The highest BCUT2D eigenvalue weighted by Gasteiger charge is 2.05. The molecule has 0 heterocycles. The number of hydrogen-bond donors (Lipinski definition) is 2. The third kappa shape index (κ3) is 4.75. The molecule has 4 heteroatoms. The van der Waals surface area contributed by atoms with Crippen LogP contribution in [0.5, 0.6) is 0 Å². The number of hydrogen-bond acceptors (Lipinski definition) is 2. The molecular weight excluding hydrogens is 228 g/mol. The van der Waals surface area contributed by atoms with E-state index >= 15 is 0 Å². The van der Waals surface area contributed by atoms with Crippen molar-refractivity contribution in [2.24, 2.45) is 0 Å². The van der Waals surface area contributed by atoms with Gasteiger partial charge in [0.05, 0.1) is 0 Å². The molecule has 0 aliphatic heterocycles. The van der Waals surface area contributed by atoms with Crippen LogP contribution in [0.4, 0.5) is 10.5 Å². The molecule has 2 N–H and O–H groups in total. The molecule has 0 saturated carbocycles. The Morgan fingerprint density at radius 2 is 2.17 bits per heavy atom. The number of amides is 1. The zero-order valence-corrected chi connectivity index (χ0v) is 11.1. The lowest BCUT2D eigenvalue weighted by Crippen LogP contribution is -2.24. The van der Waals surface area contributed by atoms with Crippen LogP contribution in [0.2, 0.25) is 0 Å². The second kappa shape index (κ2) is 7.71. The Hall–Kier alpha value is -1.55. The van der Waals surface area contributed by atoms with Crippen molar-refractivity contribution >= 4 is 11.8 Å². The van der Waals surface area contributed by atoms with Gasteiger partial charge in [0.15, 0.2) is 0 Å². The molecule has 0 bridgehead atoms. The van der Waals surface area contributed by atoms with Gasteiger partial charge in [-0.05, 0) is 50.2 Å². The van der Waals surface area contributed by atoms with Crippen molar-refractivity contribution in [3.63, 3.8) is 0 Å². The Labute approximate surface area is 109 Å². The fraction of sp³-hybridized carbons (Fsp3) is 0.500. The molecule has 0 aromatic heterocycles. The summed E-state index contributed by atoms with van der Waals surface area (Å²) in [6.07, 6.45) is 0.822. The normalized spacial score (nSPS) is 10.6. The molecule has 1 rings (SSSR count). The van der Waals surface area contributed by atoms with E-state index in [0.717, 1.165) is 38.0 Å². The molecule has 4 nitrogen and oxygen atoms in total. The van der Waals surface area contributed by atoms with Crippen LogP contribution < -0.4 is 5.32 Å². The Morgan fingerprint density at radius 1 is 1.44 bits per heavy atom. The molecule has 99 valence electrons. The van der Waals surface area contributed by atoms with Crippen LogP contribution in [-0.2, 0) is 6.42 Å². The minimum absolute atomic E-state index is 0.643. The van der Waals surface area contributed by atoms with Crippen molar-refractivity contribution in [3.05, 3.63) is 29.8 Å². The molecule has 1 aromatic carbocycles. The van der Waals surface area contributed by atoms with Gasteiger partial charge in [-0.2, -0.15) is 0 Å². The van der Waals surface area contributed by atoms with E-state index in [4.69, 9.17) is 5.11 Å². The van der Waals surface area contributed by atoms with Gasteiger partial charge in [-0.25, -0.2) is 4.79 Å². The molecule has 0 unspecified atom stereocenters. The first-order valence-electron chi connectivity index (χ1n) is 6.39. The summed E-state index contributed by atoms with van der Waals surface area (Å²) in [7, 11) is 0. The van der Waals surface area contributed by atoms with Gasteiger partial charge in [0.1, 0.15) is 0 Å². The summed E-state index contributed by atoms with van der Waals surface area (Å²) < 4.78 is 0. The molecule has 18 heavy (non-hydrogen) atoms. The molecule has 1 amide bonds. The number of carbonyl (C=O) groups is 1. The summed E-state index contributed by atoms with van der Waals surface area (Å²) in [5.41, 5.74) is 1.58. The van der Waals surface area contributed by atoms with Crippen LogP contribution in [0, 0.1) is 6.07 Å². The van der Waals surface area contributed by atoms with Crippen molar-refractivity contribution < 1.29 is 9.90 Å². The SMILES string of the molecule is CCN(CC)CCCc1[c]cccc1NC(=O)O. The summed E-state index contributed by atoms with van der Waals surface area (Å²) >= 11 is 0. The monoisotopic (exact) mass is 249 g/mol. The van der Waals surface area contributed by atoms with E-state index < -0.39 is 6.09 Å². The Balaban J connectivity index is 2.53. The molecule has 0 saturated heterocycles. The topological polar surface area (TPSA) is 52.6 Å². The van der Waals surface area contributed by atoms with Crippen LogP contribution in [-0.4, -0.2) is 35.7 Å². The van der Waals surface area contributed by atoms with Gasteiger partial charge in [-0.1, -0.05) is 26.0 Å². The number of nitrogens with zero attached hydrogens (tertiary/aromatic N) is 1. The highest BCUT2D eigenvalue weighted by Crippen LogP contribution is 2.16. The van der Waals surface area contributed by atoms with Crippen molar-refractivity contribution in [1.82, 2.24) is 4.90 Å². The van der Waals surface area contributed by atoms with Gasteiger partial charge in [-0.3, -0.25) is 5.32 Å². The van der Waals surface area contributed by atoms with E-state index in [0.29, 0.717) is 5.69 Å². The Morgan fingerprint density at radius 3 is 2.78 bits per heavy atom. The minimum atomic E-state index is -1.03. The zero-order valence-electron chi connectivity index (χ0n) is 11.1. The summed E-state index contributed by atoms with van der Waals surface area (Å²) in [5.74, 6) is 0. The lowest BCUT2D eigenvalue weighted by atomic mass is 10.1. The molecule has 0 aliphatic carbocycles. The standard InChI is InChI=1S/C14H21N2O2/c1-3-16(4-2)11-7-9-12-8-5-6-10-13(12)15-14(17)18/h5-6,10,15H,3-4,7,9,11H2,1-2H3,(H,17,18). The maximum absolute atomic E-state index is 10.7. The highest BCUT2D eigenvalue weighted by atomic mass is 16.4. The second-order valence-electron chi connectivity index (χ2n) is 4.12. The largest absolute Gasteiger partial charge is 0.465 e. The van der Waals surface area contributed by atoms with Crippen molar-refractivity contribution in [1.29, 1.82) is 0 Å². The Kier molecular flexibility index (Phi) is 6.22. The third-order valence-electron chi connectivity index (χ3n) is 2.98. The van der Waals surface area contributed by atoms with Crippen molar-refractivity contribution in [3.8, 4) is 0 Å². The fourth-order valence-electron chi connectivity index (χ4n) is 1.93. The van der Waals surface area contributed by atoms with Crippen molar-refractivity contribution in [2.45, 2.75) is 26.7 Å². The smallest absolute Gasteiger partial charge is 0.409 e. The molecule has 0 aliphatic rings. The average Bonchev–Trinajstić information content (AvgIpc) is 2.36. The highest BCUT2D eigenvalue weighted by molar-refractivity contribution is 5.83. The maximum atomic E-state index is 10.7. The molecule has 0 atom stereocenters. The molecule has 1 radical (unpaired) electrons. The zero-order chi connectivity index (χ0) is 13.4. The van der Waals surface area contributed by atoms with Crippen LogP contribution in [0.15, 0.2) is 18.2 Å². The van der Waals surface area contributed by atoms with Gasteiger partial charge < -0.3 is 10.0 Å². The molecule has 0 fully saturated rings. The first-order valence-corrected chi connectivity index (χ1v) is 6.39.